The lowest BCUT2D eigenvalue weighted by Gasteiger charge is -2.23. The number of aromatic amines is 1. The largest absolute Gasteiger partial charge is 0.333 e. The van der Waals surface area contributed by atoms with E-state index in [0.29, 0.717) is 18.2 Å². The van der Waals surface area contributed by atoms with E-state index in [1.54, 1.807) is 17.4 Å². The molecule has 0 saturated heterocycles. The van der Waals surface area contributed by atoms with E-state index in [-0.39, 0.29) is 5.91 Å². The van der Waals surface area contributed by atoms with Crippen LogP contribution in [0.2, 0.25) is 0 Å². The zero-order valence-electron chi connectivity index (χ0n) is 11.5. The maximum absolute atomic E-state index is 12.5. The number of aromatic nitrogens is 2. The average Bonchev–Trinajstić information content (AvgIpc) is 2.98. The number of nitrogens with zero attached hydrogens (tertiary/aromatic N) is 2. The highest BCUT2D eigenvalue weighted by Crippen LogP contribution is 2.14. The molecule has 0 aliphatic rings. The molecule has 5 heteroatoms. The molecule has 0 fully saturated rings. The number of aryl methyl sites for hydroxylation is 1. The lowest BCUT2D eigenvalue weighted by molar-refractivity contribution is 0.0717. The van der Waals surface area contributed by atoms with Gasteiger partial charge in [-0.15, -0.1) is 0 Å². The summed E-state index contributed by atoms with van der Waals surface area (Å²) in [5.41, 5.74) is 2.57. The van der Waals surface area contributed by atoms with Crippen molar-refractivity contribution in [1.29, 1.82) is 0 Å². The van der Waals surface area contributed by atoms with Gasteiger partial charge in [-0.25, -0.2) is 0 Å². The molecule has 1 N–H and O–H groups in total. The first kappa shape index (κ1) is 13.8. The molecule has 0 bridgehead atoms. The highest BCUT2D eigenvalue weighted by molar-refractivity contribution is 7.07. The summed E-state index contributed by atoms with van der Waals surface area (Å²) in [6, 6.07) is 3.85. The normalized spacial score (nSPS) is 10.9. The molecular formula is C14H19N3OS. The van der Waals surface area contributed by atoms with Crippen molar-refractivity contribution in [3.63, 3.8) is 0 Å². The van der Waals surface area contributed by atoms with Crippen molar-refractivity contribution in [3.05, 3.63) is 39.8 Å². The summed E-state index contributed by atoms with van der Waals surface area (Å²) in [7, 11) is 0. The van der Waals surface area contributed by atoms with Gasteiger partial charge in [0.25, 0.3) is 5.91 Å². The molecule has 0 aromatic carbocycles. The summed E-state index contributed by atoms with van der Waals surface area (Å²) in [6.45, 7) is 7.51. The second kappa shape index (κ2) is 6.02. The van der Waals surface area contributed by atoms with Gasteiger partial charge in [0, 0.05) is 18.8 Å². The van der Waals surface area contributed by atoms with Crippen molar-refractivity contribution in [2.75, 3.05) is 6.54 Å². The van der Waals surface area contributed by atoms with Crippen LogP contribution in [-0.2, 0) is 6.54 Å². The van der Waals surface area contributed by atoms with Crippen molar-refractivity contribution in [1.82, 2.24) is 15.1 Å². The third-order valence-electron chi connectivity index (χ3n) is 2.75. The van der Waals surface area contributed by atoms with Crippen LogP contribution in [0.5, 0.6) is 0 Å². The number of thiophene rings is 1. The second-order valence-corrected chi connectivity index (χ2v) is 5.93. The second-order valence-electron chi connectivity index (χ2n) is 5.15. The first-order valence-corrected chi connectivity index (χ1v) is 7.33. The Kier molecular flexibility index (Phi) is 4.37. The summed E-state index contributed by atoms with van der Waals surface area (Å²) >= 11 is 1.65. The zero-order chi connectivity index (χ0) is 13.8. The van der Waals surface area contributed by atoms with Crippen LogP contribution in [-0.4, -0.2) is 27.5 Å². The van der Waals surface area contributed by atoms with Crippen molar-refractivity contribution < 1.29 is 4.79 Å². The first-order chi connectivity index (χ1) is 9.06. The van der Waals surface area contributed by atoms with E-state index < -0.39 is 0 Å². The van der Waals surface area contributed by atoms with Crippen LogP contribution in [0.15, 0.2) is 22.9 Å². The summed E-state index contributed by atoms with van der Waals surface area (Å²) in [5, 5.41) is 11.0. The Morgan fingerprint density at radius 3 is 2.84 bits per heavy atom. The fraction of sp³-hybridized carbons (Fsp3) is 0.429. The zero-order valence-corrected chi connectivity index (χ0v) is 12.3. The molecule has 0 atom stereocenters. The van der Waals surface area contributed by atoms with Gasteiger partial charge in [0.1, 0.15) is 5.69 Å². The third-order valence-corrected chi connectivity index (χ3v) is 3.48. The summed E-state index contributed by atoms with van der Waals surface area (Å²) in [5.74, 6) is 0.423. The van der Waals surface area contributed by atoms with Gasteiger partial charge in [0.05, 0.1) is 0 Å². The van der Waals surface area contributed by atoms with Gasteiger partial charge in [-0.05, 0) is 41.3 Å². The molecule has 2 heterocycles. The molecule has 0 spiro atoms. The van der Waals surface area contributed by atoms with Crippen molar-refractivity contribution >= 4 is 17.2 Å². The standard InChI is InChI=1S/C14H19N3OS/c1-10(2)7-17(8-12-4-5-19-9-12)14(18)13-6-11(3)15-16-13/h4-6,9-10H,7-8H2,1-3H3,(H,15,16). The number of carbonyl (C=O) groups excluding carboxylic acids is 1. The Morgan fingerprint density at radius 1 is 1.53 bits per heavy atom. The number of H-pyrrole nitrogens is 1. The Labute approximate surface area is 117 Å². The first-order valence-electron chi connectivity index (χ1n) is 6.38. The van der Waals surface area contributed by atoms with Crippen LogP contribution in [0.25, 0.3) is 0 Å². The fourth-order valence-electron chi connectivity index (χ4n) is 1.95. The Bertz CT molecular complexity index is 531. The van der Waals surface area contributed by atoms with Gasteiger partial charge in [0.2, 0.25) is 0 Å². The Morgan fingerprint density at radius 2 is 2.32 bits per heavy atom. The van der Waals surface area contributed by atoms with E-state index in [0.717, 1.165) is 12.2 Å². The molecule has 2 rings (SSSR count). The molecule has 0 saturated carbocycles. The van der Waals surface area contributed by atoms with Crippen LogP contribution in [0, 0.1) is 12.8 Å². The van der Waals surface area contributed by atoms with Gasteiger partial charge in [-0.3, -0.25) is 9.89 Å². The topological polar surface area (TPSA) is 49.0 Å². The molecule has 4 nitrogen and oxygen atoms in total. The number of hydrogen-bond acceptors (Lipinski definition) is 3. The smallest absolute Gasteiger partial charge is 0.274 e. The minimum Gasteiger partial charge on any atom is -0.333 e. The maximum Gasteiger partial charge on any atom is 0.274 e. The quantitative estimate of drug-likeness (QED) is 0.913. The Hall–Kier alpha value is -1.62. The van der Waals surface area contributed by atoms with E-state index in [1.165, 1.54) is 5.56 Å². The SMILES string of the molecule is Cc1cc(C(=O)N(Cc2ccsc2)CC(C)C)n[nH]1. The van der Waals surface area contributed by atoms with Crippen LogP contribution < -0.4 is 0 Å². The predicted molar refractivity (Wildman–Crippen MR) is 77.2 cm³/mol. The number of rotatable bonds is 5. The van der Waals surface area contributed by atoms with E-state index in [2.05, 4.69) is 35.5 Å². The highest BCUT2D eigenvalue weighted by Gasteiger charge is 2.19. The third kappa shape index (κ3) is 3.67. The summed E-state index contributed by atoms with van der Waals surface area (Å²) in [6.07, 6.45) is 0. The molecule has 0 aliphatic heterocycles. The lowest BCUT2D eigenvalue weighted by Crippen LogP contribution is -2.33. The van der Waals surface area contributed by atoms with Crippen molar-refractivity contribution in [2.24, 2.45) is 5.92 Å². The van der Waals surface area contributed by atoms with Gasteiger partial charge < -0.3 is 4.90 Å². The fourth-order valence-corrected chi connectivity index (χ4v) is 2.61. The van der Waals surface area contributed by atoms with E-state index in [4.69, 9.17) is 0 Å². The number of hydrogen-bond donors (Lipinski definition) is 1. The predicted octanol–water partition coefficient (Wildman–Crippen LogP) is 3.08. The number of nitrogens with one attached hydrogen (secondary N) is 1. The van der Waals surface area contributed by atoms with Crippen LogP contribution in [0.1, 0.15) is 35.6 Å². The summed E-state index contributed by atoms with van der Waals surface area (Å²) < 4.78 is 0. The van der Waals surface area contributed by atoms with Crippen LogP contribution in [0.4, 0.5) is 0 Å². The van der Waals surface area contributed by atoms with Crippen LogP contribution >= 0.6 is 11.3 Å². The van der Waals surface area contributed by atoms with E-state index >= 15 is 0 Å². The molecule has 0 unspecified atom stereocenters. The molecule has 1 amide bonds. The molecule has 2 aromatic rings. The summed E-state index contributed by atoms with van der Waals surface area (Å²) in [4.78, 5) is 14.3. The molecule has 19 heavy (non-hydrogen) atoms. The Balaban J connectivity index is 2.14. The lowest BCUT2D eigenvalue weighted by atomic mass is 10.2. The van der Waals surface area contributed by atoms with Crippen LogP contribution in [0.3, 0.4) is 0 Å². The van der Waals surface area contributed by atoms with E-state index in [9.17, 15) is 4.79 Å². The average molecular weight is 277 g/mol. The van der Waals surface area contributed by atoms with Gasteiger partial charge in [-0.2, -0.15) is 16.4 Å². The van der Waals surface area contributed by atoms with Crippen molar-refractivity contribution in [2.45, 2.75) is 27.3 Å². The van der Waals surface area contributed by atoms with Gasteiger partial charge in [0.15, 0.2) is 0 Å². The monoisotopic (exact) mass is 277 g/mol. The molecule has 0 aliphatic carbocycles. The molecule has 0 radical (unpaired) electrons. The minimum atomic E-state index is -0.00995. The number of carbonyl (C=O) groups is 1. The number of amides is 1. The molecule has 102 valence electrons. The highest BCUT2D eigenvalue weighted by atomic mass is 32.1. The maximum atomic E-state index is 12.5. The molecule has 2 aromatic heterocycles. The minimum absolute atomic E-state index is 0.00995. The van der Waals surface area contributed by atoms with Crippen molar-refractivity contribution in [3.8, 4) is 0 Å². The van der Waals surface area contributed by atoms with Gasteiger partial charge >= 0.3 is 0 Å². The van der Waals surface area contributed by atoms with E-state index in [1.807, 2.05) is 17.2 Å². The van der Waals surface area contributed by atoms with Gasteiger partial charge in [-0.1, -0.05) is 13.8 Å². The molecular weight excluding hydrogens is 258 g/mol.